The molecule has 0 spiro atoms. The first-order chi connectivity index (χ1) is 26.3. The number of allylic oxidation sites excluding steroid dienone is 1. The van der Waals surface area contributed by atoms with Crippen molar-refractivity contribution in [3.8, 4) is 11.6 Å². The van der Waals surface area contributed by atoms with Crippen LogP contribution in [0.2, 0.25) is 5.15 Å². The van der Waals surface area contributed by atoms with Gasteiger partial charge in [0.05, 0.1) is 29.4 Å². The molecular weight excluding hydrogens is 764 g/mol. The summed E-state index contributed by atoms with van der Waals surface area (Å²) in [5.74, 6) is -2.14. The lowest BCUT2D eigenvalue weighted by molar-refractivity contribution is -0.142. The van der Waals surface area contributed by atoms with Crippen molar-refractivity contribution in [2.45, 2.75) is 127 Å². The van der Waals surface area contributed by atoms with Crippen molar-refractivity contribution < 1.29 is 41.8 Å². The van der Waals surface area contributed by atoms with Crippen molar-refractivity contribution >= 4 is 56.5 Å². The predicted octanol–water partition coefficient (Wildman–Crippen LogP) is 4.81. The topological polar surface area (TPSA) is 195 Å². The van der Waals surface area contributed by atoms with Crippen molar-refractivity contribution in [3.05, 3.63) is 35.5 Å². The molecule has 56 heavy (non-hydrogen) atoms. The van der Waals surface area contributed by atoms with E-state index in [1.165, 1.54) is 12.0 Å². The second-order valence-electron chi connectivity index (χ2n) is 17.0. The number of alkyl carbamates (subject to hydrolysis) is 1. The van der Waals surface area contributed by atoms with Crippen LogP contribution in [0.4, 0.5) is 4.79 Å². The van der Waals surface area contributed by atoms with E-state index in [0.29, 0.717) is 48.9 Å². The fourth-order valence-corrected chi connectivity index (χ4v) is 9.10. The number of hydrogen-bond acceptors (Lipinski definition) is 11. The molecule has 3 N–H and O–H groups in total. The third-order valence-corrected chi connectivity index (χ3v) is 13.8. The minimum atomic E-state index is -4.02. The van der Waals surface area contributed by atoms with E-state index in [4.69, 9.17) is 25.8 Å². The Balaban J connectivity index is 1.36. The molecule has 6 rings (SSSR count). The van der Waals surface area contributed by atoms with Gasteiger partial charge in [0.25, 0.3) is 11.8 Å². The molecule has 7 unspecified atom stereocenters. The van der Waals surface area contributed by atoms with Gasteiger partial charge >= 0.3 is 6.09 Å². The fraction of sp³-hybridized carbons (Fsp3) is 0.641. The van der Waals surface area contributed by atoms with Crippen molar-refractivity contribution in [3.63, 3.8) is 0 Å². The Kier molecular flexibility index (Phi) is 11.6. The van der Waals surface area contributed by atoms with Crippen LogP contribution >= 0.6 is 11.6 Å². The number of ether oxygens (including phenoxy) is 3. The molecule has 1 saturated heterocycles. The zero-order valence-electron chi connectivity index (χ0n) is 33.0. The molecule has 0 radical (unpaired) electrons. The van der Waals surface area contributed by atoms with E-state index in [1.807, 2.05) is 19.1 Å². The summed E-state index contributed by atoms with van der Waals surface area (Å²) in [5, 5.41) is 5.69. The van der Waals surface area contributed by atoms with Crippen LogP contribution in [0.5, 0.6) is 11.6 Å². The first-order valence-corrected chi connectivity index (χ1v) is 21.2. The summed E-state index contributed by atoms with van der Waals surface area (Å²) < 4.78 is 44.8. The smallest absolute Gasteiger partial charge is 0.408 e. The molecule has 1 aromatic carbocycles. The van der Waals surface area contributed by atoms with Gasteiger partial charge in [-0.2, -0.15) is 0 Å². The number of nitrogens with one attached hydrogen (secondary N) is 3. The standard InChI is InChI=1S/C39H53ClN6O9S/c1-8-23-17-22(2)11-9-10-12-24-20-39(24,35(49)45-56(51,52)38(6)15-16-38)44-32(47)29-19-26(21-46(29)34(48)30(23)43-36(50)55-37(3,4)5)54-33-31(40)41-27-14-13-25(53-7)18-28(27)42-33/h10,12-14,18,22-24,26,29-30H,8-9,11,15-17,19-21H2,1-7H3,(H,43,50)(H,44,47)(H,45,49). The van der Waals surface area contributed by atoms with Crippen LogP contribution < -0.4 is 24.8 Å². The number of carbonyl (C=O) groups is 4. The van der Waals surface area contributed by atoms with Gasteiger partial charge in [0.1, 0.15) is 35.1 Å². The summed E-state index contributed by atoms with van der Waals surface area (Å²) >= 11 is 6.54. The Morgan fingerprint density at radius 2 is 1.86 bits per heavy atom. The maximum absolute atomic E-state index is 14.9. The predicted molar refractivity (Wildman–Crippen MR) is 208 cm³/mol. The first kappa shape index (κ1) is 41.5. The zero-order chi connectivity index (χ0) is 40.8. The number of rotatable bonds is 8. The molecule has 4 aliphatic rings. The number of amides is 4. The highest BCUT2D eigenvalue weighted by molar-refractivity contribution is 7.91. The van der Waals surface area contributed by atoms with E-state index in [2.05, 4.69) is 32.2 Å². The molecule has 306 valence electrons. The summed E-state index contributed by atoms with van der Waals surface area (Å²) in [6, 6.07) is 2.85. The molecule has 2 saturated carbocycles. The third kappa shape index (κ3) is 8.85. The molecular formula is C39H53ClN6O9S. The Morgan fingerprint density at radius 3 is 2.52 bits per heavy atom. The van der Waals surface area contributed by atoms with Crippen molar-refractivity contribution in [2.24, 2.45) is 17.8 Å². The number of halogens is 1. The van der Waals surface area contributed by atoms with E-state index in [1.54, 1.807) is 45.9 Å². The van der Waals surface area contributed by atoms with E-state index in [9.17, 15) is 27.6 Å². The molecule has 3 heterocycles. The lowest BCUT2D eigenvalue weighted by Gasteiger charge is -2.34. The molecule has 2 aliphatic carbocycles. The van der Waals surface area contributed by atoms with Crippen LogP contribution in [0, 0.1) is 17.8 Å². The minimum absolute atomic E-state index is 0.0151. The molecule has 17 heteroatoms. The highest BCUT2D eigenvalue weighted by atomic mass is 35.5. The van der Waals surface area contributed by atoms with Crippen molar-refractivity contribution in [1.82, 2.24) is 30.2 Å². The average Bonchev–Trinajstić information content (AvgIpc) is 4.00. The maximum atomic E-state index is 14.9. The van der Waals surface area contributed by atoms with Crippen LogP contribution in [0.15, 0.2) is 30.4 Å². The molecule has 2 aromatic rings. The van der Waals surface area contributed by atoms with Crippen molar-refractivity contribution in [1.29, 1.82) is 0 Å². The quantitative estimate of drug-likeness (QED) is 0.310. The number of fused-ring (bicyclic) bond motifs is 3. The highest BCUT2D eigenvalue weighted by Gasteiger charge is 2.63. The minimum Gasteiger partial charge on any atom is -0.497 e. The Labute approximate surface area is 333 Å². The zero-order valence-corrected chi connectivity index (χ0v) is 34.6. The van der Waals surface area contributed by atoms with E-state index >= 15 is 0 Å². The van der Waals surface area contributed by atoms with Crippen LogP contribution in [0.1, 0.15) is 92.9 Å². The number of aromatic nitrogens is 2. The lowest BCUT2D eigenvalue weighted by atomic mass is 9.85. The van der Waals surface area contributed by atoms with Crippen LogP contribution in [0.25, 0.3) is 11.0 Å². The lowest BCUT2D eigenvalue weighted by Crippen LogP contribution is -2.59. The number of benzene rings is 1. The largest absolute Gasteiger partial charge is 0.497 e. The Hall–Kier alpha value is -4.18. The van der Waals surface area contributed by atoms with Gasteiger partial charge in [-0.25, -0.2) is 23.2 Å². The van der Waals surface area contributed by atoms with Crippen molar-refractivity contribution in [2.75, 3.05) is 13.7 Å². The number of sulfonamides is 1. The Morgan fingerprint density at radius 1 is 1.12 bits per heavy atom. The third-order valence-electron chi connectivity index (χ3n) is 11.4. The van der Waals surface area contributed by atoms with E-state index in [0.717, 1.165) is 6.42 Å². The highest BCUT2D eigenvalue weighted by Crippen LogP contribution is 2.47. The molecule has 15 nitrogen and oxygen atoms in total. The normalized spacial score (nSPS) is 29.2. The maximum Gasteiger partial charge on any atom is 0.408 e. The summed E-state index contributed by atoms with van der Waals surface area (Å²) in [6.45, 7) is 10.7. The molecule has 2 aliphatic heterocycles. The van der Waals surface area contributed by atoms with Crippen LogP contribution in [-0.4, -0.2) is 94.8 Å². The van der Waals surface area contributed by atoms with Gasteiger partial charge in [-0.3, -0.25) is 19.1 Å². The summed E-state index contributed by atoms with van der Waals surface area (Å²) in [6.07, 6.45) is 5.77. The molecule has 3 fully saturated rings. The number of nitrogens with zero attached hydrogens (tertiary/aromatic N) is 3. The summed E-state index contributed by atoms with van der Waals surface area (Å²) in [7, 11) is -2.49. The van der Waals surface area contributed by atoms with Gasteiger partial charge in [-0.15, -0.1) is 0 Å². The molecule has 0 bridgehead atoms. The molecule has 1 aromatic heterocycles. The van der Waals surface area contributed by atoms with Crippen LogP contribution in [0.3, 0.4) is 0 Å². The monoisotopic (exact) mass is 816 g/mol. The fourth-order valence-electron chi connectivity index (χ4n) is 7.61. The Bertz CT molecular complexity index is 2020. The van der Waals surface area contributed by atoms with Gasteiger partial charge < -0.3 is 29.7 Å². The number of carbonyl (C=O) groups excluding carboxylic acids is 4. The van der Waals surface area contributed by atoms with E-state index in [-0.39, 0.29) is 42.3 Å². The van der Waals surface area contributed by atoms with Gasteiger partial charge in [0, 0.05) is 18.4 Å². The van der Waals surface area contributed by atoms with Crippen LogP contribution in [-0.2, 0) is 29.1 Å². The molecule has 4 amide bonds. The van der Waals surface area contributed by atoms with E-state index < -0.39 is 73.8 Å². The second-order valence-corrected chi connectivity index (χ2v) is 19.5. The van der Waals surface area contributed by atoms with Gasteiger partial charge in [-0.05, 0) is 90.2 Å². The average molecular weight is 817 g/mol. The van der Waals surface area contributed by atoms with Gasteiger partial charge in [0.15, 0.2) is 5.15 Å². The van der Waals surface area contributed by atoms with Gasteiger partial charge in [0.2, 0.25) is 21.8 Å². The SMILES string of the molecule is CCC1CC(C)CCC=CC2CC2(C(=O)NS(=O)(=O)C2(C)CC2)NC(=O)C2CC(Oc3nc4cc(OC)ccc4nc3Cl)CN2C(=O)C1NC(=O)OC(C)(C)C. The molecule has 7 atom stereocenters. The number of hydrogen-bond donors (Lipinski definition) is 3. The first-order valence-electron chi connectivity index (χ1n) is 19.3. The summed E-state index contributed by atoms with van der Waals surface area (Å²) in [4.78, 5) is 67.0. The number of methoxy groups -OCH3 is 1. The summed E-state index contributed by atoms with van der Waals surface area (Å²) in [5.41, 5.74) is -1.45. The second kappa shape index (κ2) is 15.6. The van der Waals surface area contributed by atoms with Gasteiger partial charge in [-0.1, -0.05) is 44.0 Å².